The molecular weight excluding hydrogens is 150 g/mol. The van der Waals surface area contributed by atoms with Gasteiger partial charge in [-0.05, 0) is 19.8 Å². The molecule has 1 nitrogen and oxygen atoms in total. The lowest BCUT2D eigenvalue weighted by molar-refractivity contribution is -0.211. The van der Waals surface area contributed by atoms with E-state index in [-0.39, 0.29) is 0 Å². The van der Waals surface area contributed by atoms with Crippen LogP contribution in [0.5, 0.6) is 0 Å². The Labute approximate surface area is 65.7 Å². The van der Waals surface area contributed by atoms with E-state index in [2.05, 4.69) is 4.74 Å². The molecule has 1 fully saturated rings. The molecule has 66 valence electrons. The van der Waals surface area contributed by atoms with Gasteiger partial charge < -0.3 is 4.74 Å². The van der Waals surface area contributed by atoms with Crippen molar-refractivity contribution in [2.24, 2.45) is 0 Å². The average molecular weight is 164 g/mol. The minimum atomic E-state index is -2.61. The van der Waals surface area contributed by atoms with Crippen LogP contribution in [0.25, 0.3) is 0 Å². The Morgan fingerprint density at radius 3 is 2.18 bits per heavy atom. The van der Waals surface area contributed by atoms with Gasteiger partial charge in [0.25, 0.3) is 0 Å². The lowest BCUT2D eigenvalue weighted by Crippen LogP contribution is -2.33. The molecule has 0 aromatic heterocycles. The molecule has 0 amide bonds. The van der Waals surface area contributed by atoms with Crippen LogP contribution in [0, 0.1) is 0 Å². The van der Waals surface area contributed by atoms with Crippen molar-refractivity contribution in [3.05, 3.63) is 0 Å². The standard InChI is InChI=1S/C8H14F2O/c1-8(11-7(9)10)5-3-2-4-6-8/h7H,2-6H2,1H3. The zero-order valence-corrected chi connectivity index (χ0v) is 6.78. The molecule has 1 rings (SSSR count). The highest BCUT2D eigenvalue weighted by atomic mass is 19.3. The van der Waals surface area contributed by atoms with Crippen LogP contribution in [0.4, 0.5) is 8.78 Å². The van der Waals surface area contributed by atoms with Crippen LogP contribution in [-0.2, 0) is 4.74 Å². The molecule has 0 spiro atoms. The monoisotopic (exact) mass is 164 g/mol. The molecule has 1 aliphatic rings. The Bertz CT molecular complexity index is 119. The average Bonchev–Trinajstić information content (AvgIpc) is 1.85. The maximum atomic E-state index is 11.8. The van der Waals surface area contributed by atoms with Gasteiger partial charge in [0.15, 0.2) is 0 Å². The van der Waals surface area contributed by atoms with Crippen LogP contribution in [0.3, 0.4) is 0 Å². The molecule has 0 atom stereocenters. The van der Waals surface area contributed by atoms with E-state index in [4.69, 9.17) is 0 Å². The van der Waals surface area contributed by atoms with Crippen molar-refractivity contribution in [1.29, 1.82) is 0 Å². The lowest BCUT2D eigenvalue weighted by Gasteiger charge is -2.32. The van der Waals surface area contributed by atoms with E-state index in [1.807, 2.05) is 0 Å². The van der Waals surface area contributed by atoms with Crippen molar-refractivity contribution < 1.29 is 13.5 Å². The summed E-state index contributed by atoms with van der Waals surface area (Å²) >= 11 is 0. The second kappa shape index (κ2) is 3.48. The van der Waals surface area contributed by atoms with Crippen molar-refractivity contribution in [3.8, 4) is 0 Å². The van der Waals surface area contributed by atoms with E-state index < -0.39 is 12.2 Å². The topological polar surface area (TPSA) is 9.23 Å². The van der Waals surface area contributed by atoms with Gasteiger partial charge >= 0.3 is 6.61 Å². The summed E-state index contributed by atoms with van der Waals surface area (Å²) in [5.74, 6) is 0. The summed E-state index contributed by atoms with van der Waals surface area (Å²) in [6.45, 7) is -0.837. The van der Waals surface area contributed by atoms with Gasteiger partial charge in [0.2, 0.25) is 0 Å². The molecule has 0 aromatic rings. The molecular formula is C8H14F2O. The third-order valence-corrected chi connectivity index (χ3v) is 2.28. The Balaban J connectivity index is 2.37. The first-order valence-corrected chi connectivity index (χ1v) is 4.08. The van der Waals surface area contributed by atoms with E-state index in [0.717, 1.165) is 32.1 Å². The lowest BCUT2D eigenvalue weighted by atomic mass is 9.86. The van der Waals surface area contributed by atoms with E-state index in [1.165, 1.54) is 0 Å². The summed E-state index contributed by atoms with van der Waals surface area (Å²) in [7, 11) is 0. The van der Waals surface area contributed by atoms with E-state index in [0.29, 0.717) is 0 Å². The van der Waals surface area contributed by atoms with Crippen LogP contribution in [0.2, 0.25) is 0 Å². The molecule has 11 heavy (non-hydrogen) atoms. The molecule has 0 heterocycles. The normalized spacial score (nSPS) is 24.0. The van der Waals surface area contributed by atoms with E-state index >= 15 is 0 Å². The summed E-state index contributed by atoms with van der Waals surface area (Å²) in [5.41, 5.74) is -0.549. The quantitative estimate of drug-likeness (QED) is 0.609. The predicted octanol–water partition coefficient (Wildman–Crippen LogP) is 2.95. The predicted molar refractivity (Wildman–Crippen MR) is 38.6 cm³/mol. The van der Waals surface area contributed by atoms with Gasteiger partial charge in [0.05, 0.1) is 5.60 Å². The summed E-state index contributed by atoms with van der Waals surface area (Å²) in [4.78, 5) is 0. The maximum Gasteiger partial charge on any atom is 0.345 e. The van der Waals surface area contributed by atoms with Crippen LogP contribution in [0.1, 0.15) is 39.0 Å². The molecule has 0 saturated heterocycles. The van der Waals surface area contributed by atoms with Crippen molar-refractivity contribution in [3.63, 3.8) is 0 Å². The van der Waals surface area contributed by atoms with Crippen molar-refractivity contribution >= 4 is 0 Å². The van der Waals surface area contributed by atoms with Gasteiger partial charge in [-0.1, -0.05) is 19.3 Å². The van der Waals surface area contributed by atoms with Crippen molar-refractivity contribution in [1.82, 2.24) is 0 Å². The Hall–Kier alpha value is -0.180. The van der Waals surface area contributed by atoms with Crippen LogP contribution in [0.15, 0.2) is 0 Å². The highest BCUT2D eigenvalue weighted by molar-refractivity contribution is 4.79. The highest BCUT2D eigenvalue weighted by Gasteiger charge is 2.30. The Kier molecular flexibility index (Phi) is 2.82. The second-order valence-electron chi connectivity index (χ2n) is 3.39. The highest BCUT2D eigenvalue weighted by Crippen LogP contribution is 2.32. The first-order valence-electron chi connectivity index (χ1n) is 4.08. The van der Waals surface area contributed by atoms with Crippen LogP contribution in [-0.4, -0.2) is 12.2 Å². The first kappa shape index (κ1) is 8.91. The maximum absolute atomic E-state index is 11.8. The molecule has 0 radical (unpaired) electrons. The molecule has 0 aliphatic heterocycles. The molecule has 0 bridgehead atoms. The molecule has 0 unspecified atom stereocenters. The summed E-state index contributed by atoms with van der Waals surface area (Å²) in [6.07, 6.45) is 4.74. The zero-order valence-electron chi connectivity index (χ0n) is 6.78. The van der Waals surface area contributed by atoms with Gasteiger partial charge in [-0.3, -0.25) is 0 Å². The van der Waals surface area contributed by atoms with Gasteiger partial charge in [0.1, 0.15) is 0 Å². The van der Waals surface area contributed by atoms with Crippen LogP contribution >= 0.6 is 0 Å². The zero-order chi connectivity index (χ0) is 8.32. The third-order valence-electron chi connectivity index (χ3n) is 2.28. The minimum absolute atomic E-state index is 0.549. The molecule has 3 heteroatoms. The number of halogens is 2. The Morgan fingerprint density at radius 2 is 1.73 bits per heavy atom. The molecule has 1 saturated carbocycles. The van der Waals surface area contributed by atoms with Gasteiger partial charge in [-0.2, -0.15) is 8.78 Å². The minimum Gasteiger partial charge on any atom is -0.317 e. The van der Waals surface area contributed by atoms with Crippen molar-refractivity contribution in [2.45, 2.75) is 51.2 Å². The summed E-state index contributed by atoms with van der Waals surface area (Å²) in [5, 5.41) is 0. The fraction of sp³-hybridized carbons (Fsp3) is 1.00. The van der Waals surface area contributed by atoms with E-state index in [9.17, 15) is 8.78 Å². The fourth-order valence-corrected chi connectivity index (χ4v) is 1.63. The Morgan fingerprint density at radius 1 is 1.18 bits per heavy atom. The number of alkyl halides is 2. The first-order chi connectivity index (χ1) is 5.12. The third kappa shape index (κ3) is 2.73. The van der Waals surface area contributed by atoms with Gasteiger partial charge in [-0.15, -0.1) is 0 Å². The van der Waals surface area contributed by atoms with Gasteiger partial charge in [0, 0.05) is 0 Å². The number of hydrogen-bond donors (Lipinski definition) is 0. The van der Waals surface area contributed by atoms with Crippen molar-refractivity contribution in [2.75, 3.05) is 0 Å². The number of rotatable bonds is 2. The molecule has 0 aromatic carbocycles. The summed E-state index contributed by atoms with van der Waals surface area (Å²) in [6, 6.07) is 0. The second-order valence-corrected chi connectivity index (χ2v) is 3.39. The molecule has 1 aliphatic carbocycles. The number of hydrogen-bond acceptors (Lipinski definition) is 1. The van der Waals surface area contributed by atoms with E-state index in [1.54, 1.807) is 6.92 Å². The fourth-order valence-electron chi connectivity index (χ4n) is 1.63. The largest absolute Gasteiger partial charge is 0.345 e. The number of ether oxygens (including phenoxy) is 1. The molecule has 0 N–H and O–H groups in total. The SMILES string of the molecule is CC1(OC(F)F)CCCCC1. The van der Waals surface area contributed by atoms with Gasteiger partial charge in [-0.25, -0.2) is 0 Å². The summed E-state index contributed by atoms with van der Waals surface area (Å²) < 4.78 is 28.2. The van der Waals surface area contributed by atoms with Crippen LogP contribution < -0.4 is 0 Å². The smallest absolute Gasteiger partial charge is 0.317 e.